The molecule has 2 aromatic heterocycles. The number of hydrogen-bond donors (Lipinski definition) is 1. The Morgan fingerprint density at radius 2 is 2.19 bits per heavy atom. The summed E-state index contributed by atoms with van der Waals surface area (Å²) in [6, 6.07) is 7.24. The van der Waals surface area contributed by atoms with Gasteiger partial charge in [0.2, 0.25) is 5.91 Å². The molecular formula is C18H18ClN5O2. The highest BCUT2D eigenvalue weighted by atomic mass is 35.5. The van der Waals surface area contributed by atoms with Crippen molar-refractivity contribution in [3.05, 3.63) is 41.3 Å². The molecular weight excluding hydrogens is 354 g/mol. The molecule has 7 nitrogen and oxygen atoms in total. The Hall–Kier alpha value is -2.67. The molecule has 1 atom stereocenters. The second-order valence-corrected chi connectivity index (χ2v) is 6.81. The highest BCUT2D eigenvalue weighted by Gasteiger charge is 2.28. The maximum Gasteiger partial charge on any atom is 0.263 e. The topological polar surface area (TPSA) is 84.2 Å². The Bertz CT molecular complexity index is 958. The second-order valence-electron chi connectivity index (χ2n) is 6.40. The number of carbonyl (C=O) groups excluding carboxylic acids is 1. The highest BCUT2D eigenvalue weighted by Crippen LogP contribution is 2.30. The van der Waals surface area contributed by atoms with Gasteiger partial charge in [0.1, 0.15) is 17.5 Å². The Morgan fingerprint density at radius 3 is 3.04 bits per heavy atom. The molecule has 1 aliphatic heterocycles. The van der Waals surface area contributed by atoms with Crippen LogP contribution in [0.1, 0.15) is 18.5 Å². The summed E-state index contributed by atoms with van der Waals surface area (Å²) in [5.41, 5.74) is 1.85. The van der Waals surface area contributed by atoms with Gasteiger partial charge in [0.15, 0.2) is 0 Å². The summed E-state index contributed by atoms with van der Waals surface area (Å²) >= 11 is 6.14. The number of nitrogens with one attached hydrogen (secondary N) is 1. The van der Waals surface area contributed by atoms with Crippen molar-refractivity contribution in [2.24, 2.45) is 5.92 Å². The Balaban J connectivity index is 1.55. The number of rotatable bonds is 3. The van der Waals surface area contributed by atoms with Crippen molar-refractivity contribution >= 4 is 40.1 Å². The van der Waals surface area contributed by atoms with Gasteiger partial charge in [-0.15, -0.1) is 0 Å². The largest absolute Gasteiger partial charge is 0.355 e. The van der Waals surface area contributed by atoms with Gasteiger partial charge in [-0.25, -0.2) is 4.98 Å². The molecule has 134 valence electrons. The number of carbonyl (C=O) groups is 1. The molecule has 26 heavy (non-hydrogen) atoms. The van der Waals surface area contributed by atoms with E-state index in [1.54, 1.807) is 12.1 Å². The van der Waals surface area contributed by atoms with Gasteiger partial charge in [-0.1, -0.05) is 28.9 Å². The molecule has 0 saturated carbocycles. The lowest BCUT2D eigenvalue weighted by atomic mass is 9.96. The number of hydrogen-bond acceptors (Lipinski definition) is 6. The maximum absolute atomic E-state index is 12.7. The van der Waals surface area contributed by atoms with Crippen LogP contribution in [0.5, 0.6) is 0 Å². The molecule has 1 fully saturated rings. The maximum atomic E-state index is 12.7. The number of halogens is 1. The zero-order chi connectivity index (χ0) is 18.1. The van der Waals surface area contributed by atoms with E-state index in [9.17, 15) is 4.79 Å². The molecule has 4 rings (SSSR count). The predicted molar refractivity (Wildman–Crippen MR) is 99.4 cm³/mol. The van der Waals surface area contributed by atoms with Crippen molar-refractivity contribution < 1.29 is 9.32 Å². The summed E-state index contributed by atoms with van der Waals surface area (Å²) in [6.45, 7) is 3.27. The number of aromatic nitrogens is 3. The van der Waals surface area contributed by atoms with Crippen LogP contribution in [0.3, 0.4) is 0 Å². The first-order chi connectivity index (χ1) is 12.6. The minimum Gasteiger partial charge on any atom is -0.355 e. The molecule has 0 bridgehead atoms. The number of para-hydroxylation sites is 1. The predicted octanol–water partition coefficient (Wildman–Crippen LogP) is 3.43. The molecule has 0 spiro atoms. The first-order valence-electron chi connectivity index (χ1n) is 8.51. The van der Waals surface area contributed by atoms with E-state index in [-0.39, 0.29) is 11.8 Å². The molecule has 0 radical (unpaired) electrons. The Kier molecular flexibility index (Phi) is 4.46. The van der Waals surface area contributed by atoms with Crippen LogP contribution in [0.2, 0.25) is 5.02 Å². The van der Waals surface area contributed by atoms with Crippen LogP contribution >= 0.6 is 11.6 Å². The summed E-state index contributed by atoms with van der Waals surface area (Å²) in [7, 11) is 0. The van der Waals surface area contributed by atoms with Crippen LogP contribution in [-0.2, 0) is 4.79 Å². The first-order valence-corrected chi connectivity index (χ1v) is 8.88. The van der Waals surface area contributed by atoms with Gasteiger partial charge in [-0.3, -0.25) is 4.79 Å². The molecule has 1 aromatic carbocycles. The highest BCUT2D eigenvalue weighted by molar-refractivity contribution is 6.33. The minimum absolute atomic E-state index is 0.0323. The van der Waals surface area contributed by atoms with Crippen molar-refractivity contribution in [2.75, 3.05) is 23.3 Å². The fourth-order valence-corrected chi connectivity index (χ4v) is 3.51. The number of aryl methyl sites for hydroxylation is 1. The van der Waals surface area contributed by atoms with Gasteiger partial charge in [0.25, 0.3) is 5.71 Å². The van der Waals surface area contributed by atoms with Crippen LogP contribution in [0.25, 0.3) is 11.1 Å². The number of piperidine rings is 1. The summed E-state index contributed by atoms with van der Waals surface area (Å²) in [5, 5.41) is 8.25. The van der Waals surface area contributed by atoms with Gasteiger partial charge in [0.05, 0.1) is 22.3 Å². The molecule has 8 heteroatoms. The van der Waals surface area contributed by atoms with Gasteiger partial charge < -0.3 is 14.7 Å². The molecule has 1 amide bonds. The lowest BCUT2D eigenvalue weighted by Gasteiger charge is -2.33. The lowest BCUT2D eigenvalue weighted by Crippen LogP contribution is -2.41. The second kappa shape index (κ2) is 6.92. The zero-order valence-corrected chi connectivity index (χ0v) is 15.0. The quantitative estimate of drug-likeness (QED) is 0.759. The van der Waals surface area contributed by atoms with E-state index in [1.165, 1.54) is 6.33 Å². The lowest BCUT2D eigenvalue weighted by molar-refractivity contribution is -0.120. The van der Waals surface area contributed by atoms with Crippen LogP contribution in [0.15, 0.2) is 35.1 Å². The van der Waals surface area contributed by atoms with Crippen molar-refractivity contribution in [1.82, 2.24) is 15.1 Å². The normalized spacial score (nSPS) is 17.5. The number of fused-ring (bicyclic) bond motifs is 1. The number of benzene rings is 1. The SMILES string of the molecule is Cc1noc2ncnc(N3CCC[C@@H](C(=O)Nc4ccccc4Cl)C3)c12. The third kappa shape index (κ3) is 3.10. The van der Waals surface area contributed by atoms with Crippen LogP contribution in [0.4, 0.5) is 11.5 Å². The third-order valence-corrected chi connectivity index (χ3v) is 4.98. The average Bonchev–Trinajstić information content (AvgIpc) is 3.05. The molecule has 1 saturated heterocycles. The number of amides is 1. The molecule has 3 heterocycles. The van der Waals surface area contributed by atoms with Crippen LogP contribution in [-0.4, -0.2) is 34.1 Å². The van der Waals surface area contributed by atoms with E-state index >= 15 is 0 Å². The minimum atomic E-state index is -0.148. The van der Waals surface area contributed by atoms with E-state index in [4.69, 9.17) is 16.1 Å². The summed E-state index contributed by atoms with van der Waals surface area (Å²) in [6.07, 6.45) is 3.19. The van der Waals surface area contributed by atoms with E-state index < -0.39 is 0 Å². The van der Waals surface area contributed by atoms with Crippen molar-refractivity contribution in [2.45, 2.75) is 19.8 Å². The monoisotopic (exact) mass is 371 g/mol. The van der Waals surface area contributed by atoms with Crippen LogP contribution in [0, 0.1) is 12.8 Å². The van der Waals surface area contributed by atoms with E-state index in [2.05, 4.69) is 25.3 Å². The van der Waals surface area contributed by atoms with Gasteiger partial charge >= 0.3 is 0 Å². The summed E-state index contributed by atoms with van der Waals surface area (Å²) in [5.74, 6) is 0.587. The van der Waals surface area contributed by atoms with Gasteiger partial charge in [0, 0.05) is 13.1 Å². The van der Waals surface area contributed by atoms with Crippen molar-refractivity contribution in [3.8, 4) is 0 Å². The molecule has 1 N–H and O–H groups in total. The fourth-order valence-electron chi connectivity index (χ4n) is 3.32. The van der Waals surface area contributed by atoms with Gasteiger partial charge in [-0.2, -0.15) is 4.98 Å². The zero-order valence-electron chi connectivity index (χ0n) is 14.3. The molecule has 0 unspecified atom stereocenters. The number of anilines is 2. The van der Waals surface area contributed by atoms with Gasteiger partial charge in [-0.05, 0) is 31.9 Å². The van der Waals surface area contributed by atoms with Crippen molar-refractivity contribution in [3.63, 3.8) is 0 Å². The molecule has 1 aliphatic rings. The fraction of sp³-hybridized carbons (Fsp3) is 0.333. The van der Waals surface area contributed by atoms with E-state index in [1.807, 2.05) is 19.1 Å². The smallest absolute Gasteiger partial charge is 0.263 e. The summed E-state index contributed by atoms with van der Waals surface area (Å²) < 4.78 is 5.22. The van der Waals surface area contributed by atoms with E-state index in [0.717, 1.165) is 36.3 Å². The van der Waals surface area contributed by atoms with Crippen LogP contribution < -0.4 is 10.2 Å². The van der Waals surface area contributed by atoms with Crippen molar-refractivity contribution in [1.29, 1.82) is 0 Å². The number of nitrogens with zero attached hydrogens (tertiary/aromatic N) is 4. The molecule has 0 aliphatic carbocycles. The summed E-state index contributed by atoms with van der Waals surface area (Å²) in [4.78, 5) is 23.4. The Labute approximate surface area is 155 Å². The average molecular weight is 372 g/mol. The first kappa shape index (κ1) is 16.8. The van der Waals surface area contributed by atoms with E-state index in [0.29, 0.717) is 23.0 Å². The standard InChI is InChI=1S/C18H18ClN5O2/c1-11-15-16(20-10-21-18(15)26-23-11)24-8-4-5-12(9-24)17(25)22-14-7-3-2-6-13(14)19/h2-3,6-7,10,12H,4-5,8-9H2,1H3,(H,22,25)/t12-/m1/s1. The third-order valence-electron chi connectivity index (χ3n) is 4.65. The Morgan fingerprint density at radius 1 is 1.35 bits per heavy atom. The molecule has 3 aromatic rings.